The minimum atomic E-state index is -0.113. The van der Waals surface area contributed by atoms with Crippen LogP contribution in [0.4, 0.5) is 22.0 Å². The van der Waals surface area contributed by atoms with Gasteiger partial charge in [0.2, 0.25) is 0 Å². The average Bonchev–Trinajstić information content (AvgIpc) is 0.777. The number of rotatable bonds is 6. The maximum Gasteiger partial charge on any atom is 0.296 e. The minimum Gasteiger partial charge on any atom is -0.232 e. The van der Waals surface area contributed by atoms with Crippen LogP contribution in [0.2, 0.25) is 0 Å². The highest BCUT2D eigenvalue weighted by Crippen LogP contribution is 2.39. The molecule has 5 heterocycles. The number of nitrogens with zero attached hydrogens (tertiary/aromatic N) is 10. The second-order valence-corrected chi connectivity index (χ2v) is 30.8. The van der Waals surface area contributed by atoms with Gasteiger partial charge in [0, 0.05) is 45.9 Å². The van der Waals surface area contributed by atoms with Crippen molar-refractivity contribution < 1.29 is 44.8 Å². The molecule has 15 heteroatoms. The van der Waals surface area contributed by atoms with Gasteiger partial charge in [-0.25, -0.2) is 44.8 Å². The molecular formula is C97H104F5N10+5. The van der Waals surface area contributed by atoms with Crippen molar-refractivity contribution in [2.45, 2.75) is 151 Å². The molecule has 5 aromatic heterocycles. The third-order valence-corrected chi connectivity index (χ3v) is 22.7. The van der Waals surface area contributed by atoms with Gasteiger partial charge in [0.15, 0.2) is 27.6 Å². The first-order valence-corrected chi connectivity index (χ1v) is 38.1. The summed E-state index contributed by atoms with van der Waals surface area (Å²) in [5, 5.41) is 5.48. The largest absolute Gasteiger partial charge is 0.296 e. The molecule has 572 valence electrons. The van der Waals surface area contributed by atoms with E-state index in [4.69, 9.17) is 0 Å². The highest BCUT2D eigenvalue weighted by Gasteiger charge is 2.28. The van der Waals surface area contributed by atoms with E-state index in [2.05, 4.69) is 131 Å². The van der Waals surface area contributed by atoms with E-state index in [-0.39, 0.29) is 29.1 Å². The molecule has 10 nitrogen and oxygen atoms in total. The zero-order valence-electron chi connectivity index (χ0n) is 69.9. The maximum absolute atomic E-state index is 14.3. The van der Waals surface area contributed by atoms with E-state index in [0.717, 1.165) is 156 Å². The Hall–Kier alpha value is -11.5. The molecule has 0 radical (unpaired) electrons. The average molecular weight is 1500 g/mol. The van der Waals surface area contributed by atoms with Crippen molar-refractivity contribution in [2.75, 3.05) is 0 Å². The molecule has 112 heavy (non-hydrogen) atoms. The van der Waals surface area contributed by atoms with Gasteiger partial charge in [-0.2, -0.15) is 0 Å². The van der Waals surface area contributed by atoms with E-state index in [1.54, 1.807) is 0 Å². The quantitative estimate of drug-likeness (QED) is 0.122. The van der Waals surface area contributed by atoms with E-state index < -0.39 is 0 Å². The standard InChI is InChI=1S/C21H24FN2.4C19H20FN2/c1-12(2)16-8-7-9-17-20(16)23-11-24(6)21(17)18-10-13(3)19(22)15(5)14(18)4;1-11-6-7-17-16(8-11)19(22(5)10-21-17)15-9-12(2)18(20)14(4)13(15)3;1-11-6-7-15-17(8-11)21-10-22(5)19(15)16-9-12(2)18(20)14(4)13(16)3;1-11-7-6-8-15-18(11)21-10-22(5)19(15)16-9-12(2)17(20)14(4)13(16)3;1-11-10-16(12(2)13(3)18(11)20)19-15-8-6-7-9-17(15)21-14(4)22(19)5/h7-12H,1-6H3;4*6-10H,1-5H3/q5*+1. The lowest BCUT2D eigenvalue weighted by atomic mass is 9.93. The summed E-state index contributed by atoms with van der Waals surface area (Å²) in [6, 6.07) is 42.8. The predicted octanol–water partition coefficient (Wildman–Crippen LogP) is 21.3. The summed E-state index contributed by atoms with van der Waals surface area (Å²) in [4.78, 5) is 22.9. The molecule has 0 N–H and O–H groups in total. The number of aryl methyl sites for hydroxylation is 13. The van der Waals surface area contributed by atoms with Gasteiger partial charge in [-0.05, 0) is 323 Å². The third kappa shape index (κ3) is 15.6. The van der Waals surface area contributed by atoms with Crippen molar-refractivity contribution in [3.05, 3.63) is 293 Å². The second-order valence-electron chi connectivity index (χ2n) is 30.8. The molecule has 0 amide bonds. The molecule has 0 fully saturated rings. The Labute approximate surface area is 656 Å². The zero-order valence-corrected chi connectivity index (χ0v) is 69.9. The fourth-order valence-corrected chi connectivity index (χ4v) is 15.4. The van der Waals surface area contributed by atoms with Crippen molar-refractivity contribution in [1.82, 2.24) is 24.9 Å². The number of fused-ring (bicyclic) bond motifs is 5. The van der Waals surface area contributed by atoms with Crippen LogP contribution in [0.5, 0.6) is 0 Å². The topological polar surface area (TPSA) is 83.9 Å². The van der Waals surface area contributed by atoms with Gasteiger partial charge >= 0.3 is 0 Å². The van der Waals surface area contributed by atoms with Gasteiger partial charge in [-0.15, -0.1) is 0 Å². The SMILES string of the molecule is Cc1cc(-c2c3cccc(C(C)C)c3nc[n+]2C)c(C)c(C)c1F.Cc1cc(-c2c3cccc(C)c3nc[n+]2C)c(C)c(C)c1F.Cc1cc(-c2c3ccccc3nc(C)[n+]2C)c(C)c(C)c1F.Cc1ccc2c(-c3cc(C)c(F)c(C)c3C)[n+](C)cnc2c1.Cc1ccc2nc[n+](C)c(-c3cc(C)c(F)c(C)c3C)c2c1. The Morgan fingerprint density at radius 1 is 0.277 bits per heavy atom. The lowest BCUT2D eigenvalue weighted by molar-refractivity contribution is -0.668. The molecule has 0 bridgehead atoms. The fraction of sp³-hybridized carbons (Fsp3) is 0.278. The molecule has 10 aromatic carbocycles. The summed E-state index contributed by atoms with van der Waals surface area (Å²) in [7, 11) is 9.96. The maximum atomic E-state index is 14.3. The Morgan fingerprint density at radius 3 is 1.06 bits per heavy atom. The predicted molar refractivity (Wildman–Crippen MR) is 446 cm³/mol. The van der Waals surface area contributed by atoms with E-state index in [1.807, 2.05) is 250 Å². The summed E-state index contributed by atoms with van der Waals surface area (Å²) in [5.74, 6) is 0.779. The van der Waals surface area contributed by atoms with Crippen LogP contribution in [0.25, 0.3) is 111 Å². The monoisotopic (exact) mass is 1500 g/mol. The summed E-state index contributed by atoms with van der Waals surface area (Å²) in [6.07, 6.45) is 7.33. The first-order valence-electron chi connectivity index (χ1n) is 38.1. The number of hydrogen-bond acceptors (Lipinski definition) is 5. The van der Waals surface area contributed by atoms with Gasteiger partial charge in [0.05, 0.1) is 62.2 Å². The zero-order chi connectivity index (χ0) is 81.7. The van der Waals surface area contributed by atoms with Crippen LogP contribution in [-0.4, -0.2) is 24.9 Å². The molecule has 0 saturated heterocycles. The number of hydrogen-bond donors (Lipinski definition) is 0. The lowest BCUT2D eigenvalue weighted by Crippen LogP contribution is -2.36. The van der Waals surface area contributed by atoms with Crippen molar-refractivity contribution in [1.29, 1.82) is 0 Å². The molecule has 0 aliphatic rings. The summed E-state index contributed by atoms with van der Waals surface area (Å²) in [5.41, 5.74) is 32.3. The first-order chi connectivity index (χ1) is 52.9. The van der Waals surface area contributed by atoms with Crippen LogP contribution >= 0.6 is 0 Å². The van der Waals surface area contributed by atoms with Crippen LogP contribution in [-0.2, 0) is 35.2 Å². The number of halogens is 5. The highest BCUT2D eigenvalue weighted by molar-refractivity contribution is 5.97. The van der Waals surface area contributed by atoms with E-state index in [9.17, 15) is 22.0 Å². The number of para-hydroxylation sites is 3. The second kappa shape index (κ2) is 32.9. The van der Waals surface area contributed by atoms with Crippen LogP contribution in [0, 0.1) is 161 Å². The van der Waals surface area contributed by atoms with Crippen LogP contribution in [0.15, 0.2) is 153 Å². The summed E-state index contributed by atoms with van der Waals surface area (Å²) >= 11 is 0. The Morgan fingerprint density at radius 2 is 0.616 bits per heavy atom. The number of aromatic nitrogens is 10. The molecule has 0 saturated carbocycles. The summed E-state index contributed by atoms with van der Waals surface area (Å²) in [6.45, 7) is 40.8. The lowest BCUT2D eigenvalue weighted by Gasteiger charge is -2.14. The Balaban J connectivity index is 0.000000138. The van der Waals surface area contributed by atoms with Crippen LogP contribution in [0.3, 0.4) is 0 Å². The van der Waals surface area contributed by atoms with Crippen molar-refractivity contribution in [3.63, 3.8) is 0 Å². The third-order valence-electron chi connectivity index (χ3n) is 22.7. The van der Waals surface area contributed by atoms with Crippen molar-refractivity contribution in [3.8, 4) is 56.3 Å². The van der Waals surface area contributed by atoms with Gasteiger partial charge < -0.3 is 0 Å². The minimum absolute atomic E-state index is 0.111. The number of benzene rings is 10. The van der Waals surface area contributed by atoms with Gasteiger partial charge in [-0.3, -0.25) is 0 Å². The molecule has 0 aliphatic heterocycles. The van der Waals surface area contributed by atoms with Crippen molar-refractivity contribution >= 4 is 54.5 Å². The molecule has 0 spiro atoms. The Kier molecular flexibility index (Phi) is 23.9. The van der Waals surface area contributed by atoms with Crippen LogP contribution < -0.4 is 22.8 Å². The fourth-order valence-electron chi connectivity index (χ4n) is 15.4. The van der Waals surface area contributed by atoms with E-state index in [1.165, 1.54) is 16.7 Å². The molecule has 0 unspecified atom stereocenters. The molecule has 15 aromatic rings. The summed E-state index contributed by atoms with van der Waals surface area (Å²) < 4.78 is 81.0. The normalized spacial score (nSPS) is 11.2. The van der Waals surface area contributed by atoms with E-state index in [0.29, 0.717) is 56.0 Å². The molecule has 0 aliphatic carbocycles. The highest BCUT2D eigenvalue weighted by atomic mass is 19.1. The van der Waals surface area contributed by atoms with Crippen LogP contribution in [0.1, 0.15) is 131 Å². The van der Waals surface area contributed by atoms with E-state index >= 15 is 0 Å². The van der Waals surface area contributed by atoms with Gasteiger partial charge in [0.25, 0.3) is 31.1 Å². The smallest absolute Gasteiger partial charge is 0.232 e. The van der Waals surface area contributed by atoms with Gasteiger partial charge in [-0.1, -0.05) is 67.9 Å². The van der Waals surface area contributed by atoms with Crippen molar-refractivity contribution in [2.24, 2.45) is 35.2 Å². The first kappa shape index (κ1) is 81.5. The Bertz CT molecular complexity index is 6220. The molecular weight excluding hydrogens is 1400 g/mol. The molecule has 15 rings (SSSR count). The molecule has 0 atom stereocenters. The van der Waals surface area contributed by atoms with Gasteiger partial charge in [0.1, 0.15) is 57.6 Å².